The molecule has 0 saturated heterocycles. The fourth-order valence-corrected chi connectivity index (χ4v) is 5.43. The maximum absolute atomic E-state index is 11.6. The minimum absolute atomic E-state index is 0.0968. The molecule has 11 nitrogen and oxygen atoms in total. The SMILES string of the molecule is CC(C)NC(=O)NCCCNCCCNCc1cc(CNCCCNCCCNC(=O)NC(C)C)cc(OCC2CCCCC2)c1. The lowest BCUT2D eigenvalue weighted by atomic mass is 9.90. The van der Waals surface area contributed by atoms with Crippen LogP contribution in [-0.4, -0.2) is 83.1 Å². The van der Waals surface area contributed by atoms with Crippen molar-refractivity contribution in [1.82, 2.24) is 42.5 Å². The number of rotatable bonds is 25. The van der Waals surface area contributed by atoms with Crippen molar-refractivity contribution in [1.29, 1.82) is 0 Å². The van der Waals surface area contributed by atoms with Gasteiger partial charge in [-0.1, -0.05) is 25.3 Å². The van der Waals surface area contributed by atoms with Gasteiger partial charge in [-0.15, -0.1) is 0 Å². The summed E-state index contributed by atoms with van der Waals surface area (Å²) in [5.41, 5.74) is 2.52. The Balaban J connectivity index is 1.64. The van der Waals surface area contributed by atoms with Crippen LogP contribution >= 0.6 is 0 Å². The van der Waals surface area contributed by atoms with Crippen molar-refractivity contribution in [3.63, 3.8) is 0 Å². The van der Waals surface area contributed by atoms with Crippen LogP contribution in [0.25, 0.3) is 0 Å². The van der Waals surface area contributed by atoms with Crippen LogP contribution in [0.1, 0.15) is 96.6 Å². The van der Waals surface area contributed by atoms with Gasteiger partial charge in [-0.2, -0.15) is 0 Å². The van der Waals surface area contributed by atoms with E-state index in [4.69, 9.17) is 4.74 Å². The van der Waals surface area contributed by atoms with Crippen molar-refractivity contribution in [3.05, 3.63) is 29.3 Å². The molecule has 0 aliphatic heterocycles. The van der Waals surface area contributed by atoms with E-state index in [0.29, 0.717) is 19.0 Å². The molecule has 0 aromatic heterocycles. The van der Waals surface area contributed by atoms with Gasteiger partial charge in [0, 0.05) is 38.3 Å². The fourth-order valence-electron chi connectivity index (χ4n) is 5.43. The lowest BCUT2D eigenvalue weighted by Gasteiger charge is -2.22. The summed E-state index contributed by atoms with van der Waals surface area (Å²) in [4.78, 5) is 23.2. The van der Waals surface area contributed by atoms with E-state index in [9.17, 15) is 9.59 Å². The molecule has 4 amide bonds. The zero-order valence-corrected chi connectivity index (χ0v) is 29.3. The van der Waals surface area contributed by atoms with Crippen molar-refractivity contribution >= 4 is 12.1 Å². The lowest BCUT2D eigenvalue weighted by molar-refractivity contribution is 0.208. The largest absolute Gasteiger partial charge is 0.493 e. The third-order valence-corrected chi connectivity index (χ3v) is 7.78. The normalized spacial score (nSPS) is 13.6. The van der Waals surface area contributed by atoms with Crippen molar-refractivity contribution < 1.29 is 14.3 Å². The second kappa shape index (κ2) is 25.5. The van der Waals surface area contributed by atoms with E-state index in [0.717, 1.165) is 90.4 Å². The molecule has 1 aliphatic rings. The number of hydrogen-bond donors (Lipinski definition) is 8. The summed E-state index contributed by atoms with van der Waals surface area (Å²) in [7, 11) is 0. The van der Waals surface area contributed by atoms with Gasteiger partial charge in [0.05, 0.1) is 6.61 Å². The van der Waals surface area contributed by atoms with E-state index >= 15 is 0 Å². The molecule has 0 spiro atoms. The Labute approximate surface area is 279 Å². The first-order valence-electron chi connectivity index (χ1n) is 18.0. The smallest absolute Gasteiger partial charge is 0.314 e. The monoisotopic (exact) mass is 647 g/mol. The van der Waals surface area contributed by atoms with Crippen molar-refractivity contribution in [2.45, 2.75) is 111 Å². The Morgan fingerprint density at radius 2 is 1.07 bits per heavy atom. The maximum Gasteiger partial charge on any atom is 0.314 e. The van der Waals surface area contributed by atoms with E-state index in [1.54, 1.807) is 0 Å². The number of carbonyl (C=O) groups is 2. The summed E-state index contributed by atoms with van der Waals surface area (Å²) in [6, 6.07) is 6.80. The standard InChI is InChI=1S/C35H66N8O3/c1-28(2)42-34(44)40-20-10-16-36-14-8-18-38-25-31-22-32(24-33(23-31)46-27-30-12-6-5-7-13-30)26-39-19-9-15-37-17-11-21-41-35(45)43-29(3)4/h22-24,28-30,36-39H,5-21,25-27H2,1-4H3,(H2,40,42,44)(H2,41,43,45). The Morgan fingerprint density at radius 3 is 1.52 bits per heavy atom. The first-order chi connectivity index (χ1) is 22.3. The Bertz CT molecular complexity index is 880. The number of amides is 4. The Hall–Kier alpha value is -2.60. The average Bonchev–Trinajstić information content (AvgIpc) is 3.01. The van der Waals surface area contributed by atoms with Gasteiger partial charge in [0.15, 0.2) is 0 Å². The molecule has 46 heavy (non-hydrogen) atoms. The topological polar surface area (TPSA) is 140 Å². The second-order valence-electron chi connectivity index (χ2n) is 13.2. The molecule has 8 N–H and O–H groups in total. The van der Waals surface area contributed by atoms with Gasteiger partial charge in [0.2, 0.25) is 0 Å². The zero-order chi connectivity index (χ0) is 33.2. The Morgan fingerprint density at radius 1 is 0.630 bits per heavy atom. The fraction of sp³-hybridized carbons (Fsp3) is 0.771. The number of urea groups is 2. The summed E-state index contributed by atoms with van der Waals surface area (Å²) in [5.74, 6) is 1.66. The van der Waals surface area contributed by atoms with Gasteiger partial charge < -0.3 is 47.3 Å². The molecule has 264 valence electrons. The van der Waals surface area contributed by atoms with Crippen LogP contribution in [0.15, 0.2) is 18.2 Å². The third-order valence-electron chi connectivity index (χ3n) is 7.78. The first kappa shape index (κ1) is 39.6. The van der Waals surface area contributed by atoms with Crippen LogP contribution in [0.2, 0.25) is 0 Å². The van der Waals surface area contributed by atoms with Crippen LogP contribution in [0, 0.1) is 5.92 Å². The lowest BCUT2D eigenvalue weighted by Crippen LogP contribution is -2.40. The molecule has 1 aromatic carbocycles. The van der Waals surface area contributed by atoms with Crippen molar-refractivity contribution in [2.75, 3.05) is 59.0 Å². The van der Waals surface area contributed by atoms with Gasteiger partial charge in [0.1, 0.15) is 5.75 Å². The highest BCUT2D eigenvalue weighted by molar-refractivity contribution is 5.74. The molecular formula is C35H66N8O3. The van der Waals surface area contributed by atoms with Crippen LogP contribution in [0.4, 0.5) is 9.59 Å². The van der Waals surface area contributed by atoms with E-state index in [1.165, 1.54) is 43.2 Å². The van der Waals surface area contributed by atoms with E-state index in [2.05, 4.69) is 60.7 Å². The van der Waals surface area contributed by atoms with Crippen molar-refractivity contribution in [2.24, 2.45) is 5.92 Å². The summed E-state index contributed by atoms with van der Waals surface area (Å²) in [6.45, 7) is 17.2. The summed E-state index contributed by atoms with van der Waals surface area (Å²) < 4.78 is 6.34. The summed E-state index contributed by atoms with van der Waals surface area (Å²) in [6.07, 6.45) is 10.5. The zero-order valence-electron chi connectivity index (χ0n) is 29.3. The van der Waals surface area contributed by atoms with E-state index in [-0.39, 0.29) is 24.1 Å². The van der Waals surface area contributed by atoms with Crippen LogP contribution < -0.4 is 47.3 Å². The third kappa shape index (κ3) is 21.2. The van der Waals surface area contributed by atoms with Crippen LogP contribution in [-0.2, 0) is 13.1 Å². The predicted octanol–water partition coefficient (Wildman–Crippen LogP) is 3.98. The van der Waals surface area contributed by atoms with Gasteiger partial charge >= 0.3 is 12.1 Å². The first-order valence-corrected chi connectivity index (χ1v) is 18.0. The quantitative estimate of drug-likeness (QED) is 0.0752. The van der Waals surface area contributed by atoms with Gasteiger partial charge in [-0.05, 0) is 135 Å². The minimum atomic E-state index is -0.0968. The molecule has 0 unspecified atom stereocenters. The number of hydrogen-bond acceptors (Lipinski definition) is 7. The second-order valence-corrected chi connectivity index (χ2v) is 13.2. The van der Waals surface area contributed by atoms with Gasteiger partial charge in [-0.25, -0.2) is 9.59 Å². The average molecular weight is 647 g/mol. The number of carbonyl (C=O) groups excluding carboxylic acids is 2. The highest BCUT2D eigenvalue weighted by Gasteiger charge is 2.14. The summed E-state index contributed by atoms with van der Waals surface area (Å²) in [5, 5.41) is 25.6. The molecule has 11 heteroatoms. The summed E-state index contributed by atoms with van der Waals surface area (Å²) >= 11 is 0. The van der Waals surface area contributed by atoms with Crippen LogP contribution in [0.5, 0.6) is 5.75 Å². The minimum Gasteiger partial charge on any atom is -0.493 e. The van der Waals surface area contributed by atoms with E-state index in [1.807, 2.05) is 27.7 Å². The number of benzene rings is 1. The molecule has 1 aromatic rings. The maximum atomic E-state index is 11.6. The number of nitrogens with one attached hydrogen (secondary N) is 8. The van der Waals surface area contributed by atoms with Crippen LogP contribution in [0.3, 0.4) is 0 Å². The van der Waals surface area contributed by atoms with Gasteiger partial charge in [0.25, 0.3) is 0 Å². The molecule has 1 saturated carbocycles. The van der Waals surface area contributed by atoms with Gasteiger partial charge in [-0.3, -0.25) is 0 Å². The molecule has 0 bridgehead atoms. The highest BCUT2D eigenvalue weighted by Crippen LogP contribution is 2.25. The molecule has 1 fully saturated rings. The molecule has 1 aliphatic carbocycles. The van der Waals surface area contributed by atoms with E-state index < -0.39 is 0 Å². The predicted molar refractivity (Wildman–Crippen MR) is 189 cm³/mol. The molecule has 0 atom stereocenters. The molecule has 2 rings (SSSR count). The Kier molecular flexibility index (Phi) is 21.9. The molecular weight excluding hydrogens is 580 g/mol. The van der Waals surface area contributed by atoms with Crippen molar-refractivity contribution in [3.8, 4) is 5.75 Å². The number of ether oxygens (including phenoxy) is 1. The molecule has 0 radical (unpaired) electrons. The highest BCUT2D eigenvalue weighted by atomic mass is 16.5. The molecule has 0 heterocycles.